The van der Waals surface area contributed by atoms with Crippen LogP contribution in [-0.4, -0.2) is 23.4 Å². The molecule has 1 aliphatic rings. The van der Waals surface area contributed by atoms with Gasteiger partial charge in [-0.1, -0.05) is 6.07 Å². The molecule has 1 aromatic heterocycles. The van der Waals surface area contributed by atoms with Crippen molar-refractivity contribution in [3.8, 4) is 5.75 Å². The molecule has 1 aromatic carbocycles. The summed E-state index contributed by atoms with van der Waals surface area (Å²) in [4.78, 5) is 16.5. The van der Waals surface area contributed by atoms with Gasteiger partial charge in [-0.2, -0.15) is 0 Å². The second-order valence-corrected chi connectivity index (χ2v) is 6.37. The normalized spacial score (nSPS) is 17.3. The highest BCUT2D eigenvalue weighted by molar-refractivity contribution is 6.08. The average molecular weight is 308 g/mol. The van der Waals surface area contributed by atoms with E-state index in [1.54, 1.807) is 37.7 Å². The fourth-order valence-corrected chi connectivity index (χ4v) is 2.88. The molecule has 0 radical (unpaired) electrons. The summed E-state index contributed by atoms with van der Waals surface area (Å²) in [7, 11) is 1.65. The van der Waals surface area contributed by atoms with Gasteiger partial charge in [0.15, 0.2) is 5.78 Å². The molecule has 4 heteroatoms. The maximum atomic E-state index is 12.5. The Morgan fingerprint density at radius 2 is 2.00 bits per heavy atom. The number of nitrogens with zero attached hydrogens (tertiary/aromatic N) is 1. The van der Waals surface area contributed by atoms with E-state index in [0.29, 0.717) is 5.56 Å². The molecule has 0 fully saturated rings. The van der Waals surface area contributed by atoms with Crippen LogP contribution in [0.15, 0.2) is 48.8 Å². The van der Waals surface area contributed by atoms with Crippen LogP contribution in [0, 0.1) is 0 Å². The van der Waals surface area contributed by atoms with Crippen molar-refractivity contribution in [3.63, 3.8) is 0 Å². The number of pyridine rings is 1. The zero-order chi connectivity index (χ0) is 16.4. The molecule has 118 valence electrons. The molecular weight excluding hydrogens is 288 g/mol. The Kier molecular flexibility index (Phi) is 3.90. The first-order valence-corrected chi connectivity index (χ1v) is 7.60. The highest BCUT2D eigenvalue weighted by Gasteiger charge is 2.28. The summed E-state index contributed by atoms with van der Waals surface area (Å²) in [6.07, 6.45) is 5.81. The molecule has 0 bridgehead atoms. The third-order valence-corrected chi connectivity index (χ3v) is 3.95. The molecular formula is C19H20N2O2. The van der Waals surface area contributed by atoms with E-state index >= 15 is 0 Å². The van der Waals surface area contributed by atoms with Crippen molar-refractivity contribution in [3.05, 3.63) is 65.5 Å². The lowest BCUT2D eigenvalue weighted by atomic mass is 9.85. The van der Waals surface area contributed by atoms with E-state index < -0.39 is 0 Å². The number of benzene rings is 1. The molecule has 0 unspecified atom stereocenters. The summed E-state index contributed by atoms with van der Waals surface area (Å²) in [5.74, 6) is 0.744. The van der Waals surface area contributed by atoms with Gasteiger partial charge in [0, 0.05) is 40.8 Å². The smallest absolute Gasteiger partial charge is 0.188 e. The number of fused-ring (bicyclic) bond motifs is 1. The number of rotatable bonds is 3. The fourth-order valence-electron chi connectivity index (χ4n) is 2.88. The SMILES string of the molecule is COc1ccc2c(c1)/C(=C/C(=O)c1ccncc1)NC(C)(C)C2. The first kappa shape index (κ1) is 15.3. The van der Waals surface area contributed by atoms with Crippen LogP contribution in [0.1, 0.15) is 35.3 Å². The number of hydrogen-bond acceptors (Lipinski definition) is 4. The van der Waals surface area contributed by atoms with Gasteiger partial charge in [0.25, 0.3) is 0 Å². The number of aromatic nitrogens is 1. The zero-order valence-corrected chi connectivity index (χ0v) is 13.6. The third kappa shape index (κ3) is 3.26. The lowest BCUT2D eigenvalue weighted by Gasteiger charge is -2.35. The Hall–Kier alpha value is -2.62. The van der Waals surface area contributed by atoms with E-state index in [1.165, 1.54) is 5.56 Å². The lowest BCUT2D eigenvalue weighted by Crippen LogP contribution is -2.43. The molecule has 0 atom stereocenters. The van der Waals surface area contributed by atoms with Crippen molar-refractivity contribution in [2.75, 3.05) is 7.11 Å². The minimum absolute atomic E-state index is 0.0404. The first-order valence-electron chi connectivity index (χ1n) is 7.60. The maximum absolute atomic E-state index is 12.5. The third-order valence-electron chi connectivity index (χ3n) is 3.95. The van der Waals surface area contributed by atoms with E-state index in [1.807, 2.05) is 12.1 Å². The quantitative estimate of drug-likeness (QED) is 0.698. The minimum Gasteiger partial charge on any atom is -0.497 e. The van der Waals surface area contributed by atoms with Gasteiger partial charge in [0.1, 0.15) is 5.75 Å². The van der Waals surface area contributed by atoms with Gasteiger partial charge >= 0.3 is 0 Å². The van der Waals surface area contributed by atoms with Crippen LogP contribution in [0.2, 0.25) is 0 Å². The van der Waals surface area contributed by atoms with E-state index in [0.717, 1.165) is 23.4 Å². The Bertz CT molecular complexity index is 764. The summed E-state index contributed by atoms with van der Waals surface area (Å²) in [6, 6.07) is 9.45. The van der Waals surface area contributed by atoms with Crippen molar-refractivity contribution < 1.29 is 9.53 Å². The van der Waals surface area contributed by atoms with Gasteiger partial charge in [0.05, 0.1) is 7.11 Å². The largest absolute Gasteiger partial charge is 0.497 e. The number of ether oxygens (including phenoxy) is 1. The molecule has 2 heterocycles. The molecule has 0 saturated carbocycles. The Morgan fingerprint density at radius 3 is 2.70 bits per heavy atom. The molecule has 0 saturated heterocycles. The predicted octanol–water partition coefficient (Wildman–Crippen LogP) is 3.24. The Balaban J connectivity index is 2.05. The Labute approximate surface area is 136 Å². The van der Waals surface area contributed by atoms with Crippen LogP contribution in [0.4, 0.5) is 0 Å². The van der Waals surface area contributed by atoms with Gasteiger partial charge in [-0.05, 0) is 50.1 Å². The van der Waals surface area contributed by atoms with E-state index in [4.69, 9.17) is 4.74 Å². The molecule has 3 rings (SSSR count). The highest BCUT2D eigenvalue weighted by Crippen LogP contribution is 2.32. The zero-order valence-electron chi connectivity index (χ0n) is 13.6. The van der Waals surface area contributed by atoms with Crippen LogP contribution < -0.4 is 10.1 Å². The number of carbonyl (C=O) groups excluding carboxylic acids is 1. The molecule has 1 N–H and O–H groups in total. The summed E-state index contributed by atoms with van der Waals surface area (Å²) < 4.78 is 5.32. The van der Waals surface area contributed by atoms with Gasteiger partial charge in [-0.3, -0.25) is 9.78 Å². The Morgan fingerprint density at radius 1 is 1.26 bits per heavy atom. The molecule has 4 nitrogen and oxygen atoms in total. The average Bonchev–Trinajstić information content (AvgIpc) is 2.54. The monoisotopic (exact) mass is 308 g/mol. The summed E-state index contributed by atoms with van der Waals surface area (Å²) in [5, 5.41) is 3.47. The van der Waals surface area contributed by atoms with Gasteiger partial charge < -0.3 is 10.1 Å². The van der Waals surface area contributed by atoms with Crippen LogP contribution in [0.5, 0.6) is 5.75 Å². The van der Waals surface area contributed by atoms with Crippen LogP contribution in [-0.2, 0) is 6.42 Å². The van der Waals surface area contributed by atoms with Crippen molar-refractivity contribution in [1.29, 1.82) is 0 Å². The van der Waals surface area contributed by atoms with Gasteiger partial charge in [0.2, 0.25) is 0 Å². The number of nitrogens with one attached hydrogen (secondary N) is 1. The van der Waals surface area contributed by atoms with Crippen LogP contribution in [0.3, 0.4) is 0 Å². The fraction of sp³-hybridized carbons (Fsp3) is 0.263. The highest BCUT2D eigenvalue weighted by atomic mass is 16.5. The van der Waals surface area contributed by atoms with Crippen molar-refractivity contribution >= 4 is 11.5 Å². The molecule has 0 spiro atoms. The second-order valence-electron chi connectivity index (χ2n) is 6.37. The number of methoxy groups -OCH3 is 1. The van der Waals surface area contributed by atoms with Crippen molar-refractivity contribution in [1.82, 2.24) is 10.3 Å². The number of ketones is 1. The van der Waals surface area contributed by atoms with Gasteiger partial charge in [-0.25, -0.2) is 0 Å². The lowest BCUT2D eigenvalue weighted by molar-refractivity contribution is 0.104. The molecule has 0 aliphatic carbocycles. The topological polar surface area (TPSA) is 51.2 Å². The van der Waals surface area contributed by atoms with Crippen LogP contribution >= 0.6 is 0 Å². The number of hydrogen-bond donors (Lipinski definition) is 1. The molecule has 0 amide bonds. The van der Waals surface area contributed by atoms with E-state index in [9.17, 15) is 4.79 Å². The number of allylic oxidation sites excluding steroid dienone is 1. The second kappa shape index (κ2) is 5.88. The number of carbonyl (C=O) groups is 1. The van der Waals surface area contributed by atoms with Crippen LogP contribution in [0.25, 0.3) is 5.70 Å². The molecule has 23 heavy (non-hydrogen) atoms. The summed E-state index contributed by atoms with van der Waals surface area (Å²) in [6.45, 7) is 4.26. The van der Waals surface area contributed by atoms with Crippen molar-refractivity contribution in [2.45, 2.75) is 25.8 Å². The van der Waals surface area contributed by atoms with E-state index in [-0.39, 0.29) is 11.3 Å². The first-order chi connectivity index (χ1) is 11.0. The molecule has 1 aliphatic heterocycles. The standard InChI is InChI=1S/C19H20N2O2/c1-19(2)12-14-4-5-15(23-3)10-16(14)17(21-19)11-18(22)13-6-8-20-9-7-13/h4-11,21H,12H2,1-3H3/b17-11-. The summed E-state index contributed by atoms with van der Waals surface area (Å²) >= 11 is 0. The summed E-state index contributed by atoms with van der Waals surface area (Å²) in [5.41, 5.74) is 3.58. The molecule has 2 aromatic rings. The predicted molar refractivity (Wildman–Crippen MR) is 90.5 cm³/mol. The minimum atomic E-state index is -0.105. The van der Waals surface area contributed by atoms with Gasteiger partial charge in [-0.15, -0.1) is 0 Å². The maximum Gasteiger partial charge on any atom is 0.188 e. The van der Waals surface area contributed by atoms with E-state index in [2.05, 4.69) is 30.2 Å². The van der Waals surface area contributed by atoms with Crippen molar-refractivity contribution in [2.24, 2.45) is 0 Å².